The average molecular weight is 324 g/mol. The van der Waals surface area contributed by atoms with Crippen LogP contribution in [0.25, 0.3) is 0 Å². The number of carbonyl (C=O) groups excluding carboxylic acids is 1. The van der Waals surface area contributed by atoms with Gasteiger partial charge in [-0.1, -0.05) is 11.3 Å². The van der Waals surface area contributed by atoms with Crippen LogP contribution in [0, 0.1) is 0 Å². The monoisotopic (exact) mass is 324 g/mol. The molecule has 1 aromatic rings. The van der Waals surface area contributed by atoms with E-state index in [1.807, 2.05) is 13.8 Å². The number of carbonyl (C=O) groups is 1. The summed E-state index contributed by atoms with van der Waals surface area (Å²) in [7, 11) is 0. The normalized spacial score (nSPS) is 21.9. The van der Waals surface area contributed by atoms with Gasteiger partial charge in [0, 0.05) is 12.6 Å². The minimum Gasteiger partial charge on any atom is -0.375 e. The van der Waals surface area contributed by atoms with E-state index < -0.39 is 17.2 Å². The van der Waals surface area contributed by atoms with Crippen molar-refractivity contribution < 1.29 is 22.7 Å². The second-order valence-corrected chi connectivity index (χ2v) is 6.28. The van der Waals surface area contributed by atoms with Gasteiger partial charge < -0.3 is 10.1 Å². The van der Waals surface area contributed by atoms with E-state index in [9.17, 15) is 18.0 Å². The van der Waals surface area contributed by atoms with E-state index in [2.05, 4.69) is 20.8 Å². The number of amides is 2. The molecule has 6 nitrogen and oxygen atoms in total. The highest BCUT2D eigenvalue weighted by Crippen LogP contribution is 2.33. The number of anilines is 1. The first-order valence-corrected chi connectivity index (χ1v) is 7.09. The van der Waals surface area contributed by atoms with E-state index in [1.165, 1.54) is 0 Å². The molecule has 1 atom stereocenters. The largest absolute Gasteiger partial charge is 0.445 e. The molecule has 2 heterocycles. The molecule has 2 amide bonds. The Bertz CT molecular complexity index is 518. The lowest BCUT2D eigenvalue weighted by Gasteiger charge is -2.35. The fourth-order valence-corrected chi connectivity index (χ4v) is 2.67. The van der Waals surface area contributed by atoms with E-state index in [0.29, 0.717) is 19.4 Å². The number of aromatic nitrogens is 2. The van der Waals surface area contributed by atoms with Crippen LogP contribution in [-0.2, 0) is 10.9 Å². The van der Waals surface area contributed by atoms with Crippen molar-refractivity contribution in [3.05, 3.63) is 5.01 Å². The van der Waals surface area contributed by atoms with E-state index >= 15 is 0 Å². The molecule has 0 bridgehead atoms. The number of urea groups is 1. The molecule has 1 unspecified atom stereocenters. The first-order chi connectivity index (χ1) is 9.66. The third-order valence-corrected chi connectivity index (χ3v) is 3.80. The summed E-state index contributed by atoms with van der Waals surface area (Å²) in [4.78, 5) is 11.7. The second-order valence-electron chi connectivity index (χ2n) is 5.31. The summed E-state index contributed by atoms with van der Waals surface area (Å²) in [6, 6.07) is -0.689. The summed E-state index contributed by atoms with van der Waals surface area (Å²) in [5, 5.41) is 9.97. The van der Waals surface area contributed by atoms with Crippen LogP contribution < -0.4 is 10.6 Å². The van der Waals surface area contributed by atoms with Crippen molar-refractivity contribution in [2.24, 2.45) is 0 Å². The zero-order valence-corrected chi connectivity index (χ0v) is 12.3. The number of rotatable bonds is 2. The quantitative estimate of drug-likeness (QED) is 0.877. The maximum atomic E-state index is 12.4. The zero-order valence-electron chi connectivity index (χ0n) is 11.5. The zero-order chi connectivity index (χ0) is 15.7. The fraction of sp³-hybridized carbons (Fsp3) is 0.727. The summed E-state index contributed by atoms with van der Waals surface area (Å²) in [5.74, 6) is 0. The van der Waals surface area contributed by atoms with Crippen molar-refractivity contribution in [1.82, 2.24) is 15.5 Å². The number of ether oxygens (including phenoxy) is 1. The summed E-state index contributed by atoms with van der Waals surface area (Å²) < 4.78 is 42.6. The van der Waals surface area contributed by atoms with Crippen LogP contribution in [0.15, 0.2) is 0 Å². The number of hydrogen-bond acceptors (Lipinski definition) is 5. The van der Waals surface area contributed by atoms with Crippen LogP contribution in [0.3, 0.4) is 0 Å². The highest BCUT2D eigenvalue weighted by atomic mass is 32.1. The Morgan fingerprint density at radius 1 is 1.43 bits per heavy atom. The molecule has 1 aliphatic heterocycles. The van der Waals surface area contributed by atoms with Gasteiger partial charge in [0.1, 0.15) is 0 Å². The van der Waals surface area contributed by atoms with Gasteiger partial charge >= 0.3 is 12.2 Å². The number of nitrogens with one attached hydrogen (secondary N) is 2. The van der Waals surface area contributed by atoms with Gasteiger partial charge in [-0.3, -0.25) is 5.32 Å². The third kappa shape index (κ3) is 4.53. The molecule has 21 heavy (non-hydrogen) atoms. The van der Waals surface area contributed by atoms with Crippen LogP contribution in [0.5, 0.6) is 0 Å². The van der Waals surface area contributed by atoms with Gasteiger partial charge in [0.15, 0.2) is 0 Å². The number of nitrogens with zero attached hydrogens (tertiary/aromatic N) is 2. The molecular weight excluding hydrogens is 309 g/mol. The molecule has 0 saturated carbocycles. The minimum atomic E-state index is -4.56. The molecule has 1 saturated heterocycles. The molecular formula is C11H15F3N4O2S. The maximum Gasteiger partial charge on any atom is 0.445 e. The fourth-order valence-electron chi connectivity index (χ4n) is 2.06. The van der Waals surface area contributed by atoms with Crippen LogP contribution >= 0.6 is 11.3 Å². The molecule has 2 rings (SSSR count). The Labute approximate surface area is 123 Å². The molecule has 0 aromatic carbocycles. The smallest absolute Gasteiger partial charge is 0.375 e. The summed E-state index contributed by atoms with van der Waals surface area (Å²) in [5.41, 5.74) is -0.331. The van der Waals surface area contributed by atoms with Gasteiger partial charge in [-0.2, -0.15) is 13.2 Å². The first-order valence-electron chi connectivity index (χ1n) is 6.28. The SMILES string of the molecule is CC1(C)CC(NC(=O)Nc2nnc(C(F)(F)F)s2)CCO1. The third-order valence-electron chi connectivity index (χ3n) is 2.92. The molecule has 1 aliphatic rings. The van der Waals surface area contributed by atoms with E-state index in [0.717, 1.165) is 0 Å². The van der Waals surface area contributed by atoms with E-state index in [4.69, 9.17) is 4.74 Å². The van der Waals surface area contributed by atoms with Crippen LogP contribution in [0.4, 0.5) is 23.1 Å². The number of hydrogen-bond donors (Lipinski definition) is 2. The molecule has 0 aliphatic carbocycles. The number of alkyl halides is 3. The van der Waals surface area contributed by atoms with E-state index in [1.54, 1.807) is 0 Å². The van der Waals surface area contributed by atoms with Crippen molar-refractivity contribution in [3.8, 4) is 0 Å². The average Bonchev–Trinajstić information content (AvgIpc) is 2.75. The van der Waals surface area contributed by atoms with Gasteiger partial charge in [-0.25, -0.2) is 4.79 Å². The summed E-state index contributed by atoms with van der Waals surface area (Å²) >= 11 is 0.286. The van der Waals surface area contributed by atoms with Gasteiger partial charge in [0.2, 0.25) is 10.1 Å². The van der Waals surface area contributed by atoms with Crippen molar-refractivity contribution in [2.75, 3.05) is 11.9 Å². The minimum absolute atomic E-state index is 0.0937. The van der Waals surface area contributed by atoms with Crippen molar-refractivity contribution >= 4 is 22.5 Å². The van der Waals surface area contributed by atoms with Gasteiger partial charge in [-0.05, 0) is 26.7 Å². The highest BCUT2D eigenvalue weighted by molar-refractivity contribution is 7.15. The Balaban J connectivity index is 1.89. The topological polar surface area (TPSA) is 76.1 Å². The van der Waals surface area contributed by atoms with Gasteiger partial charge in [0.25, 0.3) is 0 Å². The Morgan fingerprint density at radius 2 is 2.14 bits per heavy atom. The van der Waals surface area contributed by atoms with Gasteiger partial charge in [0.05, 0.1) is 5.60 Å². The molecule has 0 spiro atoms. The molecule has 0 radical (unpaired) electrons. The molecule has 1 aromatic heterocycles. The van der Waals surface area contributed by atoms with Gasteiger partial charge in [-0.15, -0.1) is 10.2 Å². The summed E-state index contributed by atoms with van der Waals surface area (Å²) in [6.45, 7) is 4.35. The van der Waals surface area contributed by atoms with Crippen molar-refractivity contribution in [2.45, 2.75) is 44.5 Å². The maximum absolute atomic E-state index is 12.4. The van der Waals surface area contributed by atoms with Crippen LogP contribution in [-0.4, -0.2) is 34.5 Å². The standard InChI is InChI=1S/C11H15F3N4O2S/c1-10(2)5-6(3-4-20-10)15-8(19)16-9-18-17-7(21-9)11(12,13)14/h6H,3-5H2,1-2H3,(H2,15,16,18,19). The predicted molar refractivity (Wildman–Crippen MR) is 70.1 cm³/mol. The Hall–Kier alpha value is -1.42. The van der Waals surface area contributed by atoms with Crippen molar-refractivity contribution in [3.63, 3.8) is 0 Å². The molecule has 1 fully saturated rings. The molecule has 10 heteroatoms. The first kappa shape index (κ1) is 16.0. The van der Waals surface area contributed by atoms with Crippen LogP contribution in [0.2, 0.25) is 0 Å². The lowest BCUT2D eigenvalue weighted by Crippen LogP contribution is -2.47. The molecule has 118 valence electrons. The van der Waals surface area contributed by atoms with E-state index in [-0.39, 0.29) is 28.1 Å². The second kappa shape index (κ2) is 5.76. The lowest BCUT2D eigenvalue weighted by atomic mass is 9.94. The lowest BCUT2D eigenvalue weighted by molar-refractivity contribution is -0.138. The Morgan fingerprint density at radius 3 is 2.71 bits per heavy atom. The highest BCUT2D eigenvalue weighted by Gasteiger charge is 2.36. The van der Waals surface area contributed by atoms with Crippen LogP contribution in [0.1, 0.15) is 31.7 Å². The number of halogens is 3. The molecule has 2 N–H and O–H groups in total. The Kier molecular flexibility index (Phi) is 4.38. The van der Waals surface area contributed by atoms with Crippen molar-refractivity contribution in [1.29, 1.82) is 0 Å². The predicted octanol–water partition coefficient (Wildman–Crippen LogP) is 2.64. The summed E-state index contributed by atoms with van der Waals surface area (Å²) in [6.07, 6.45) is -3.27.